The standard InChI is InChI=1S/C19H32N2/c1-6-20-19(17-12-14(2)11-15(3)13-17)16-7-9-18(10-8-16)21(4)5/h7-10,14-15,17,19-20H,6,11-13H2,1-5H3. The van der Waals surface area contributed by atoms with Crippen LogP contribution in [0.5, 0.6) is 0 Å². The average Bonchev–Trinajstić information content (AvgIpc) is 2.44. The Bertz CT molecular complexity index is 414. The topological polar surface area (TPSA) is 15.3 Å². The van der Waals surface area contributed by atoms with E-state index in [2.05, 4.69) is 69.3 Å². The molecular formula is C19H32N2. The Morgan fingerprint density at radius 3 is 2.10 bits per heavy atom. The van der Waals surface area contributed by atoms with Gasteiger partial charge in [0.1, 0.15) is 0 Å². The fourth-order valence-corrected chi connectivity index (χ4v) is 4.04. The van der Waals surface area contributed by atoms with E-state index in [4.69, 9.17) is 0 Å². The predicted molar refractivity (Wildman–Crippen MR) is 92.9 cm³/mol. The molecule has 0 bridgehead atoms. The molecule has 1 aromatic rings. The van der Waals surface area contributed by atoms with E-state index in [9.17, 15) is 0 Å². The van der Waals surface area contributed by atoms with Crippen LogP contribution in [-0.4, -0.2) is 20.6 Å². The highest BCUT2D eigenvalue weighted by Gasteiger charge is 2.30. The molecule has 1 aliphatic carbocycles. The third-order valence-electron chi connectivity index (χ3n) is 4.88. The average molecular weight is 288 g/mol. The van der Waals surface area contributed by atoms with Crippen LogP contribution in [0.25, 0.3) is 0 Å². The highest BCUT2D eigenvalue weighted by atomic mass is 15.1. The summed E-state index contributed by atoms with van der Waals surface area (Å²) in [6, 6.07) is 9.63. The maximum Gasteiger partial charge on any atom is 0.0361 e. The molecule has 0 spiro atoms. The van der Waals surface area contributed by atoms with E-state index in [0.717, 1.165) is 24.3 Å². The zero-order chi connectivity index (χ0) is 15.4. The molecule has 2 rings (SSSR count). The van der Waals surface area contributed by atoms with Gasteiger partial charge in [-0.1, -0.05) is 32.9 Å². The minimum Gasteiger partial charge on any atom is -0.378 e. The van der Waals surface area contributed by atoms with Crippen LogP contribution < -0.4 is 10.2 Å². The van der Waals surface area contributed by atoms with E-state index < -0.39 is 0 Å². The molecule has 0 radical (unpaired) electrons. The van der Waals surface area contributed by atoms with Crippen LogP contribution in [0.1, 0.15) is 51.6 Å². The van der Waals surface area contributed by atoms with Gasteiger partial charge in [-0.25, -0.2) is 0 Å². The molecule has 0 saturated heterocycles. The monoisotopic (exact) mass is 288 g/mol. The SMILES string of the molecule is CCNC(c1ccc(N(C)C)cc1)C1CC(C)CC(C)C1. The van der Waals surface area contributed by atoms with Crippen LogP contribution in [0, 0.1) is 17.8 Å². The zero-order valence-electron chi connectivity index (χ0n) is 14.4. The lowest BCUT2D eigenvalue weighted by atomic mass is 9.72. The molecule has 2 nitrogen and oxygen atoms in total. The molecule has 0 aliphatic heterocycles. The van der Waals surface area contributed by atoms with Gasteiger partial charge < -0.3 is 10.2 Å². The van der Waals surface area contributed by atoms with Gasteiger partial charge in [0.25, 0.3) is 0 Å². The van der Waals surface area contributed by atoms with Gasteiger partial charge in [-0.2, -0.15) is 0 Å². The van der Waals surface area contributed by atoms with E-state index in [1.165, 1.54) is 30.5 Å². The van der Waals surface area contributed by atoms with Crippen molar-refractivity contribution in [2.75, 3.05) is 25.5 Å². The van der Waals surface area contributed by atoms with Gasteiger partial charge >= 0.3 is 0 Å². The smallest absolute Gasteiger partial charge is 0.0361 e. The first kappa shape index (κ1) is 16.4. The molecule has 118 valence electrons. The summed E-state index contributed by atoms with van der Waals surface area (Å²) in [4.78, 5) is 2.16. The molecule has 0 aromatic heterocycles. The van der Waals surface area contributed by atoms with Crippen LogP contribution in [-0.2, 0) is 0 Å². The number of nitrogens with one attached hydrogen (secondary N) is 1. The molecule has 2 heteroatoms. The van der Waals surface area contributed by atoms with Gasteiger partial charge in [0.05, 0.1) is 0 Å². The van der Waals surface area contributed by atoms with Crippen molar-refractivity contribution in [3.8, 4) is 0 Å². The molecule has 0 amide bonds. The lowest BCUT2D eigenvalue weighted by molar-refractivity contribution is 0.177. The molecule has 1 N–H and O–H groups in total. The summed E-state index contributed by atoms with van der Waals surface area (Å²) in [5.74, 6) is 2.50. The second-order valence-electron chi connectivity index (χ2n) is 7.20. The predicted octanol–water partition coefficient (Wildman–Crippen LogP) is 4.48. The Kier molecular flexibility index (Phi) is 5.69. The van der Waals surface area contributed by atoms with E-state index in [1.54, 1.807) is 0 Å². The zero-order valence-corrected chi connectivity index (χ0v) is 14.4. The molecule has 3 unspecified atom stereocenters. The number of anilines is 1. The van der Waals surface area contributed by atoms with Crippen molar-refractivity contribution in [2.24, 2.45) is 17.8 Å². The maximum absolute atomic E-state index is 3.74. The first-order valence-corrected chi connectivity index (χ1v) is 8.51. The Hall–Kier alpha value is -1.02. The number of rotatable bonds is 5. The third kappa shape index (κ3) is 4.23. The quantitative estimate of drug-likeness (QED) is 0.859. The van der Waals surface area contributed by atoms with Crippen LogP contribution in [0.4, 0.5) is 5.69 Å². The van der Waals surface area contributed by atoms with E-state index in [1.807, 2.05) is 0 Å². The Morgan fingerprint density at radius 1 is 1.05 bits per heavy atom. The minimum absolute atomic E-state index is 0.511. The number of hydrogen-bond acceptors (Lipinski definition) is 2. The summed E-state index contributed by atoms with van der Waals surface area (Å²) < 4.78 is 0. The molecule has 1 aliphatic rings. The van der Waals surface area contributed by atoms with Crippen molar-refractivity contribution in [3.05, 3.63) is 29.8 Å². The van der Waals surface area contributed by atoms with Gasteiger partial charge in [0, 0.05) is 25.8 Å². The Balaban J connectivity index is 2.17. The van der Waals surface area contributed by atoms with Gasteiger partial charge in [-0.15, -0.1) is 0 Å². The second kappa shape index (κ2) is 7.31. The fraction of sp³-hybridized carbons (Fsp3) is 0.684. The largest absolute Gasteiger partial charge is 0.378 e. The summed E-state index contributed by atoms with van der Waals surface area (Å²) in [5.41, 5.74) is 2.73. The van der Waals surface area contributed by atoms with Crippen molar-refractivity contribution in [3.63, 3.8) is 0 Å². The summed E-state index contributed by atoms with van der Waals surface area (Å²) in [6.45, 7) is 8.10. The molecule has 1 fully saturated rings. The minimum atomic E-state index is 0.511. The maximum atomic E-state index is 3.74. The fourth-order valence-electron chi connectivity index (χ4n) is 4.04. The molecule has 1 aromatic carbocycles. The Morgan fingerprint density at radius 2 is 1.62 bits per heavy atom. The summed E-state index contributed by atoms with van der Waals surface area (Å²) in [6.07, 6.45) is 4.11. The van der Waals surface area contributed by atoms with Crippen molar-refractivity contribution in [2.45, 2.75) is 46.1 Å². The van der Waals surface area contributed by atoms with Crippen LogP contribution in [0.3, 0.4) is 0 Å². The van der Waals surface area contributed by atoms with E-state index >= 15 is 0 Å². The number of nitrogens with zero attached hydrogens (tertiary/aromatic N) is 1. The third-order valence-corrected chi connectivity index (χ3v) is 4.88. The van der Waals surface area contributed by atoms with Gasteiger partial charge in [0.15, 0.2) is 0 Å². The first-order valence-electron chi connectivity index (χ1n) is 8.51. The van der Waals surface area contributed by atoms with Crippen LogP contribution in [0.15, 0.2) is 24.3 Å². The van der Waals surface area contributed by atoms with Crippen molar-refractivity contribution in [1.29, 1.82) is 0 Å². The normalized spacial score (nSPS) is 27.4. The summed E-state index contributed by atoms with van der Waals surface area (Å²) in [7, 11) is 4.20. The summed E-state index contributed by atoms with van der Waals surface area (Å²) >= 11 is 0. The molecule has 21 heavy (non-hydrogen) atoms. The summed E-state index contributed by atoms with van der Waals surface area (Å²) in [5, 5.41) is 3.74. The van der Waals surface area contributed by atoms with Gasteiger partial charge in [0.2, 0.25) is 0 Å². The van der Waals surface area contributed by atoms with Crippen molar-refractivity contribution in [1.82, 2.24) is 5.32 Å². The molecular weight excluding hydrogens is 256 g/mol. The highest BCUT2D eigenvalue weighted by Crippen LogP contribution is 2.40. The van der Waals surface area contributed by atoms with Crippen LogP contribution in [0.2, 0.25) is 0 Å². The molecule has 0 heterocycles. The van der Waals surface area contributed by atoms with Crippen molar-refractivity contribution >= 4 is 5.69 Å². The highest BCUT2D eigenvalue weighted by molar-refractivity contribution is 5.46. The number of benzene rings is 1. The lowest BCUT2D eigenvalue weighted by Crippen LogP contribution is -2.33. The van der Waals surface area contributed by atoms with Crippen LogP contribution >= 0.6 is 0 Å². The Labute approximate surface area is 130 Å². The number of hydrogen-bond donors (Lipinski definition) is 1. The van der Waals surface area contributed by atoms with Crippen molar-refractivity contribution < 1.29 is 0 Å². The van der Waals surface area contributed by atoms with E-state index in [-0.39, 0.29) is 0 Å². The molecule has 3 atom stereocenters. The lowest BCUT2D eigenvalue weighted by Gasteiger charge is -2.37. The van der Waals surface area contributed by atoms with Gasteiger partial charge in [-0.05, 0) is 61.3 Å². The van der Waals surface area contributed by atoms with E-state index in [0.29, 0.717) is 6.04 Å². The van der Waals surface area contributed by atoms with Gasteiger partial charge in [-0.3, -0.25) is 0 Å². The second-order valence-corrected chi connectivity index (χ2v) is 7.20. The molecule has 1 saturated carbocycles. The first-order chi connectivity index (χ1) is 10.0.